The van der Waals surface area contributed by atoms with Gasteiger partial charge in [0.25, 0.3) is 0 Å². The van der Waals surface area contributed by atoms with E-state index in [2.05, 4.69) is 17.2 Å². The summed E-state index contributed by atoms with van der Waals surface area (Å²) in [7, 11) is 0. The number of Topliss-reactive ketones (excluding diaryl/α,β-unsaturated/α-hetero) is 1. The molecule has 0 aromatic carbocycles. The zero-order valence-electron chi connectivity index (χ0n) is 8.44. The van der Waals surface area contributed by atoms with Crippen molar-refractivity contribution in [2.24, 2.45) is 0 Å². The minimum atomic E-state index is -0.255. The standard InChI is InChI=1S/C11H17NO/c1-3-4-5-7-10(13)11(2)8-6-9-12-11/h12H,5-9H2,1-2H3. The zero-order valence-corrected chi connectivity index (χ0v) is 8.44. The first-order chi connectivity index (χ1) is 6.19. The van der Waals surface area contributed by atoms with Crippen LogP contribution in [0.5, 0.6) is 0 Å². The van der Waals surface area contributed by atoms with Crippen LogP contribution in [0.15, 0.2) is 0 Å². The summed E-state index contributed by atoms with van der Waals surface area (Å²) in [6.45, 7) is 4.78. The third-order valence-corrected chi connectivity index (χ3v) is 2.64. The number of ketones is 1. The van der Waals surface area contributed by atoms with Gasteiger partial charge in [-0.2, -0.15) is 0 Å². The Balaban J connectivity index is 2.40. The zero-order chi connectivity index (χ0) is 9.73. The predicted molar refractivity (Wildman–Crippen MR) is 53.3 cm³/mol. The molecule has 0 aromatic heterocycles. The fraction of sp³-hybridized carbons (Fsp3) is 0.727. The van der Waals surface area contributed by atoms with Gasteiger partial charge in [0.2, 0.25) is 0 Å². The molecule has 2 heteroatoms. The average molecular weight is 179 g/mol. The average Bonchev–Trinajstić information content (AvgIpc) is 2.54. The van der Waals surface area contributed by atoms with Gasteiger partial charge in [-0.15, -0.1) is 11.8 Å². The van der Waals surface area contributed by atoms with E-state index in [1.807, 2.05) is 6.92 Å². The quantitative estimate of drug-likeness (QED) is 0.665. The number of carbonyl (C=O) groups is 1. The summed E-state index contributed by atoms with van der Waals surface area (Å²) in [4.78, 5) is 11.7. The van der Waals surface area contributed by atoms with Crippen molar-refractivity contribution in [3.8, 4) is 11.8 Å². The van der Waals surface area contributed by atoms with Gasteiger partial charge < -0.3 is 5.32 Å². The van der Waals surface area contributed by atoms with Gasteiger partial charge in [-0.25, -0.2) is 0 Å². The van der Waals surface area contributed by atoms with Crippen molar-refractivity contribution in [3.63, 3.8) is 0 Å². The van der Waals surface area contributed by atoms with E-state index in [4.69, 9.17) is 0 Å². The lowest BCUT2D eigenvalue weighted by molar-refractivity contribution is -0.124. The summed E-state index contributed by atoms with van der Waals surface area (Å²) in [5, 5.41) is 3.26. The molecule has 1 unspecified atom stereocenters. The Bertz CT molecular complexity index is 241. The van der Waals surface area contributed by atoms with Gasteiger partial charge in [0.1, 0.15) is 0 Å². The Morgan fingerprint density at radius 1 is 1.62 bits per heavy atom. The molecule has 1 heterocycles. The normalized spacial score (nSPS) is 26.6. The summed E-state index contributed by atoms with van der Waals surface area (Å²) >= 11 is 0. The fourth-order valence-electron chi connectivity index (χ4n) is 1.71. The molecule has 1 fully saturated rings. The largest absolute Gasteiger partial charge is 0.305 e. The molecule has 0 saturated carbocycles. The van der Waals surface area contributed by atoms with Crippen LogP contribution in [0.4, 0.5) is 0 Å². The lowest BCUT2D eigenvalue weighted by Crippen LogP contribution is -2.44. The number of rotatable bonds is 3. The molecule has 1 aliphatic heterocycles. The molecule has 13 heavy (non-hydrogen) atoms. The van der Waals surface area contributed by atoms with Gasteiger partial charge in [0.05, 0.1) is 5.54 Å². The lowest BCUT2D eigenvalue weighted by Gasteiger charge is -2.21. The highest BCUT2D eigenvalue weighted by atomic mass is 16.1. The first kappa shape index (κ1) is 10.3. The maximum Gasteiger partial charge on any atom is 0.153 e. The Hall–Kier alpha value is -0.810. The van der Waals surface area contributed by atoms with Gasteiger partial charge in [0, 0.05) is 12.8 Å². The third-order valence-electron chi connectivity index (χ3n) is 2.64. The van der Waals surface area contributed by atoms with Crippen molar-refractivity contribution in [1.29, 1.82) is 0 Å². The van der Waals surface area contributed by atoms with E-state index in [0.717, 1.165) is 19.4 Å². The van der Waals surface area contributed by atoms with Crippen LogP contribution in [0, 0.1) is 11.8 Å². The second kappa shape index (κ2) is 4.43. The molecule has 1 N–H and O–H groups in total. The Morgan fingerprint density at radius 2 is 2.38 bits per heavy atom. The number of carbonyl (C=O) groups excluding carboxylic acids is 1. The molecule has 72 valence electrons. The summed E-state index contributed by atoms with van der Waals surface area (Å²) in [5.41, 5.74) is -0.255. The highest BCUT2D eigenvalue weighted by molar-refractivity contribution is 5.88. The molecule has 1 rings (SSSR count). The summed E-state index contributed by atoms with van der Waals surface area (Å²) in [6.07, 6.45) is 3.38. The SMILES string of the molecule is CC#CCCC(=O)C1(C)CCCN1. The van der Waals surface area contributed by atoms with Gasteiger partial charge >= 0.3 is 0 Å². The lowest BCUT2D eigenvalue weighted by atomic mass is 9.92. The second-order valence-corrected chi connectivity index (χ2v) is 3.71. The predicted octanol–water partition coefficient (Wildman–Crippen LogP) is 1.50. The van der Waals surface area contributed by atoms with Crippen LogP contribution in [0.25, 0.3) is 0 Å². The van der Waals surface area contributed by atoms with Crippen LogP contribution in [0.3, 0.4) is 0 Å². The van der Waals surface area contributed by atoms with Crippen LogP contribution in [-0.2, 0) is 4.79 Å². The van der Waals surface area contributed by atoms with E-state index in [9.17, 15) is 4.79 Å². The van der Waals surface area contributed by atoms with Crippen molar-refractivity contribution in [1.82, 2.24) is 5.32 Å². The maximum atomic E-state index is 11.7. The van der Waals surface area contributed by atoms with E-state index in [0.29, 0.717) is 18.6 Å². The highest BCUT2D eigenvalue weighted by Gasteiger charge is 2.34. The first-order valence-electron chi connectivity index (χ1n) is 4.87. The molecular formula is C11H17NO. The van der Waals surface area contributed by atoms with Gasteiger partial charge in [-0.3, -0.25) is 4.79 Å². The van der Waals surface area contributed by atoms with E-state index in [1.54, 1.807) is 6.92 Å². The smallest absolute Gasteiger partial charge is 0.153 e. The number of hydrogen-bond donors (Lipinski definition) is 1. The Kier molecular flexibility index (Phi) is 3.50. The van der Waals surface area contributed by atoms with Crippen molar-refractivity contribution < 1.29 is 4.79 Å². The maximum absolute atomic E-state index is 11.7. The number of nitrogens with one attached hydrogen (secondary N) is 1. The van der Waals surface area contributed by atoms with Gasteiger partial charge in [-0.1, -0.05) is 0 Å². The third kappa shape index (κ3) is 2.57. The van der Waals surface area contributed by atoms with Gasteiger partial charge in [0.15, 0.2) is 5.78 Å². The topological polar surface area (TPSA) is 29.1 Å². The highest BCUT2D eigenvalue weighted by Crippen LogP contribution is 2.21. The van der Waals surface area contributed by atoms with Crippen LogP contribution in [-0.4, -0.2) is 17.9 Å². The minimum Gasteiger partial charge on any atom is -0.305 e. The van der Waals surface area contributed by atoms with Crippen molar-refractivity contribution in [2.45, 2.75) is 45.1 Å². The molecule has 1 atom stereocenters. The van der Waals surface area contributed by atoms with Gasteiger partial charge in [-0.05, 0) is 33.2 Å². The summed E-state index contributed by atoms with van der Waals surface area (Å²) < 4.78 is 0. The van der Waals surface area contributed by atoms with E-state index in [-0.39, 0.29) is 5.54 Å². The molecule has 0 spiro atoms. The minimum absolute atomic E-state index is 0.255. The van der Waals surface area contributed by atoms with E-state index >= 15 is 0 Å². The molecule has 0 aliphatic carbocycles. The molecule has 0 radical (unpaired) electrons. The number of hydrogen-bond acceptors (Lipinski definition) is 2. The monoisotopic (exact) mass is 179 g/mol. The first-order valence-corrected chi connectivity index (χ1v) is 4.87. The van der Waals surface area contributed by atoms with Crippen molar-refractivity contribution >= 4 is 5.78 Å². The summed E-state index contributed by atoms with van der Waals surface area (Å²) in [6, 6.07) is 0. The Morgan fingerprint density at radius 3 is 2.92 bits per heavy atom. The molecule has 1 aliphatic rings. The van der Waals surface area contributed by atoms with E-state index < -0.39 is 0 Å². The molecule has 2 nitrogen and oxygen atoms in total. The van der Waals surface area contributed by atoms with Crippen LogP contribution in [0.2, 0.25) is 0 Å². The van der Waals surface area contributed by atoms with Crippen LogP contribution in [0.1, 0.15) is 39.5 Å². The van der Waals surface area contributed by atoms with Crippen LogP contribution >= 0.6 is 0 Å². The molecule has 0 aromatic rings. The molecule has 0 bridgehead atoms. The second-order valence-electron chi connectivity index (χ2n) is 3.71. The molecular weight excluding hydrogens is 162 g/mol. The van der Waals surface area contributed by atoms with Crippen LogP contribution < -0.4 is 5.32 Å². The molecule has 0 amide bonds. The van der Waals surface area contributed by atoms with Crippen molar-refractivity contribution in [3.05, 3.63) is 0 Å². The van der Waals surface area contributed by atoms with E-state index in [1.165, 1.54) is 0 Å². The Labute approximate surface area is 80.1 Å². The van der Waals surface area contributed by atoms with Crippen molar-refractivity contribution in [2.75, 3.05) is 6.54 Å². The fourth-order valence-corrected chi connectivity index (χ4v) is 1.71. The summed E-state index contributed by atoms with van der Waals surface area (Å²) in [5.74, 6) is 6.04. The molecule has 1 saturated heterocycles.